The highest BCUT2D eigenvalue weighted by atomic mass is 16.4. The predicted octanol–water partition coefficient (Wildman–Crippen LogP) is 0.816. The van der Waals surface area contributed by atoms with Gasteiger partial charge in [0.2, 0.25) is 5.91 Å². The van der Waals surface area contributed by atoms with Crippen molar-refractivity contribution in [2.45, 2.75) is 39.0 Å². The molecule has 0 aromatic carbocycles. The van der Waals surface area contributed by atoms with E-state index in [-0.39, 0.29) is 17.8 Å². The minimum atomic E-state index is -1.08. The van der Waals surface area contributed by atoms with Gasteiger partial charge in [0.05, 0.1) is 0 Å². The quantitative estimate of drug-likeness (QED) is 0.423. The molecule has 0 fully saturated rings. The Morgan fingerprint density at radius 3 is 2.12 bits per heavy atom. The van der Waals surface area contributed by atoms with Gasteiger partial charge in [0.25, 0.3) is 0 Å². The van der Waals surface area contributed by atoms with Crippen LogP contribution in [0.4, 0.5) is 0 Å². The summed E-state index contributed by atoms with van der Waals surface area (Å²) in [6.45, 7) is 1.58. The Labute approximate surface area is 95.0 Å². The first-order valence-electron chi connectivity index (χ1n) is 5.34. The Morgan fingerprint density at radius 2 is 1.69 bits per heavy atom. The van der Waals surface area contributed by atoms with E-state index < -0.39 is 11.9 Å². The lowest BCUT2D eigenvalue weighted by Crippen LogP contribution is -2.17. The lowest BCUT2D eigenvalue weighted by Gasteiger charge is -2.05. The Kier molecular flexibility index (Phi) is 7.20. The molecule has 0 bridgehead atoms. The fourth-order valence-electron chi connectivity index (χ4n) is 1.37. The van der Waals surface area contributed by atoms with E-state index in [1.165, 1.54) is 6.92 Å². The average Bonchev–Trinajstić information content (AvgIpc) is 2.21. The highest BCUT2D eigenvalue weighted by Crippen LogP contribution is 2.14. The summed E-state index contributed by atoms with van der Waals surface area (Å²) in [5, 5.41) is 17.4. The van der Waals surface area contributed by atoms with Crippen LogP contribution in [-0.2, 0) is 9.59 Å². The van der Waals surface area contributed by atoms with Crippen LogP contribution in [0.15, 0.2) is 11.1 Å². The second kappa shape index (κ2) is 7.87. The Balaban J connectivity index is 4.22. The van der Waals surface area contributed by atoms with Crippen molar-refractivity contribution in [3.8, 4) is 0 Å². The van der Waals surface area contributed by atoms with E-state index in [9.17, 15) is 9.59 Å². The molecule has 5 heteroatoms. The molecule has 0 spiro atoms. The normalized spacial score (nSPS) is 12.1. The molecule has 0 aromatic heterocycles. The number of amides is 1. The molecule has 0 saturated heterocycles. The van der Waals surface area contributed by atoms with Crippen molar-refractivity contribution < 1.29 is 19.8 Å². The first-order chi connectivity index (χ1) is 7.50. The fraction of sp³-hybridized carbons (Fsp3) is 0.636. The number of aliphatic hydroxyl groups is 1. The van der Waals surface area contributed by atoms with Gasteiger partial charge in [-0.05, 0) is 26.2 Å². The summed E-state index contributed by atoms with van der Waals surface area (Å²) in [6, 6.07) is 0. The second-order valence-electron chi connectivity index (χ2n) is 3.66. The van der Waals surface area contributed by atoms with Gasteiger partial charge in [-0.25, -0.2) is 4.79 Å². The number of rotatable bonds is 8. The molecule has 4 N–H and O–H groups in total. The minimum absolute atomic E-state index is 0.0940. The van der Waals surface area contributed by atoms with E-state index >= 15 is 0 Å². The highest BCUT2D eigenvalue weighted by molar-refractivity contribution is 6.00. The first-order valence-corrected chi connectivity index (χ1v) is 5.34. The van der Waals surface area contributed by atoms with Gasteiger partial charge in [0.15, 0.2) is 0 Å². The van der Waals surface area contributed by atoms with E-state index in [1.807, 2.05) is 0 Å². The van der Waals surface area contributed by atoms with Crippen LogP contribution in [0, 0.1) is 0 Å². The summed E-state index contributed by atoms with van der Waals surface area (Å²) < 4.78 is 0. The van der Waals surface area contributed by atoms with E-state index in [1.54, 1.807) is 0 Å². The number of primary amides is 1. The highest BCUT2D eigenvalue weighted by Gasteiger charge is 2.14. The maximum absolute atomic E-state index is 10.9. The molecule has 0 atom stereocenters. The Bertz CT molecular complexity index is 284. The van der Waals surface area contributed by atoms with Crippen molar-refractivity contribution in [1.82, 2.24) is 0 Å². The number of hydrogen-bond donors (Lipinski definition) is 3. The largest absolute Gasteiger partial charge is 0.478 e. The van der Waals surface area contributed by atoms with Gasteiger partial charge in [0, 0.05) is 17.8 Å². The second-order valence-corrected chi connectivity index (χ2v) is 3.66. The molecule has 0 rings (SSSR count). The molecule has 0 saturated carbocycles. The molecule has 0 aliphatic carbocycles. The third kappa shape index (κ3) is 5.50. The summed E-state index contributed by atoms with van der Waals surface area (Å²) >= 11 is 0. The first kappa shape index (κ1) is 14.6. The van der Waals surface area contributed by atoms with Crippen molar-refractivity contribution in [2.24, 2.45) is 5.73 Å². The lowest BCUT2D eigenvalue weighted by atomic mass is 10.0. The van der Waals surface area contributed by atoms with Gasteiger partial charge in [-0.1, -0.05) is 12.8 Å². The molecule has 0 aromatic rings. The van der Waals surface area contributed by atoms with Crippen LogP contribution in [-0.4, -0.2) is 28.7 Å². The maximum atomic E-state index is 10.9. The van der Waals surface area contributed by atoms with Gasteiger partial charge >= 0.3 is 5.97 Å². The number of hydrogen-bond acceptors (Lipinski definition) is 3. The number of carbonyl (C=O) groups is 2. The van der Waals surface area contributed by atoms with E-state index in [0.29, 0.717) is 12.8 Å². The molecular weight excluding hydrogens is 210 g/mol. The van der Waals surface area contributed by atoms with Crippen LogP contribution in [0.2, 0.25) is 0 Å². The van der Waals surface area contributed by atoms with E-state index in [0.717, 1.165) is 19.3 Å². The number of carboxylic acids is 1. The van der Waals surface area contributed by atoms with Crippen LogP contribution < -0.4 is 5.73 Å². The van der Waals surface area contributed by atoms with E-state index in [2.05, 4.69) is 0 Å². The fourth-order valence-corrected chi connectivity index (χ4v) is 1.37. The number of unbranched alkanes of at least 4 members (excludes halogenated alkanes) is 3. The van der Waals surface area contributed by atoms with Gasteiger partial charge in [-0.3, -0.25) is 4.79 Å². The average molecular weight is 229 g/mol. The third-order valence-electron chi connectivity index (χ3n) is 2.42. The van der Waals surface area contributed by atoms with Crippen LogP contribution in [0.1, 0.15) is 39.0 Å². The zero-order valence-electron chi connectivity index (χ0n) is 9.53. The number of carbonyl (C=O) groups excluding carboxylic acids is 1. The summed E-state index contributed by atoms with van der Waals surface area (Å²) in [7, 11) is 0. The van der Waals surface area contributed by atoms with Crippen LogP contribution in [0.25, 0.3) is 0 Å². The third-order valence-corrected chi connectivity index (χ3v) is 2.42. The number of aliphatic carboxylic acids is 1. The lowest BCUT2D eigenvalue weighted by molar-refractivity contribution is -0.133. The number of aliphatic hydroxyl groups excluding tert-OH is 1. The van der Waals surface area contributed by atoms with Gasteiger partial charge in [-0.15, -0.1) is 0 Å². The Morgan fingerprint density at radius 1 is 1.12 bits per heavy atom. The smallest absolute Gasteiger partial charge is 0.332 e. The summed E-state index contributed by atoms with van der Waals surface area (Å²) in [5.74, 6) is -1.77. The van der Waals surface area contributed by atoms with Crippen molar-refractivity contribution in [3.05, 3.63) is 11.1 Å². The molecule has 0 aliphatic heterocycles. The van der Waals surface area contributed by atoms with Crippen LogP contribution in [0.5, 0.6) is 0 Å². The summed E-state index contributed by atoms with van der Waals surface area (Å²) in [4.78, 5) is 21.7. The van der Waals surface area contributed by atoms with Crippen molar-refractivity contribution in [2.75, 3.05) is 6.61 Å². The molecule has 92 valence electrons. The Hall–Kier alpha value is -1.36. The van der Waals surface area contributed by atoms with Crippen LogP contribution >= 0.6 is 0 Å². The monoisotopic (exact) mass is 229 g/mol. The molecule has 0 radical (unpaired) electrons. The molecule has 1 amide bonds. The van der Waals surface area contributed by atoms with Crippen molar-refractivity contribution in [1.29, 1.82) is 0 Å². The van der Waals surface area contributed by atoms with Crippen molar-refractivity contribution in [3.63, 3.8) is 0 Å². The standard InChI is InChI=1S/C11H19NO4/c1-8(10(12)14)9(11(15)16)6-4-2-3-5-7-13/h13H,2-7H2,1H3,(H2,12,14)(H,15,16)/b9-8-. The SMILES string of the molecule is C/C(C(N)=O)=C(\CCCCCCO)C(=O)O. The topological polar surface area (TPSA) is 101 Å². The number of carboxylic acid groups (broad SMARTS) is 1. The zero-order valence-corrected chi connectivity index (χ0v) is 9.53. The van der Waals surface area contributed by atoms with E-state index in [4.69, 9.17) is 15.9 Å². The van der Waals surface area contributed by atoms with Gasteiger partial charge in [-0.2, -0.15) is 0 Å². The van der Waals surface area contributed by atoms with Gasteiger partial charge in [0.1, 0.15) is 0 Å². The number of nitrogens with two attached hydrogens (primary N) is 1. The molecular formula is C11H19NO4. The maximum Gasteiger partial charge on any atom is 0.332 e. The minimum Gasteiger partial charge on any atom is -0.478 e. The molecule has 5 nitrogen and oxygen atoms in total. The van der Waals surface area contributed by atoms with Crippen LogP contribution in [0.3, 0.4) is 0 Å². The molecule has 0 unspecified atom stereocenters. The molecule has 0 aliphatic rings. The zero-order chi connectivity index (χ0) is 12.6. The summed E-state index contributed by atoms with van der Waals surface area (Å²) in [5.41, 5.74) is 5.25. The van der Waals surface area contributed by atoms with Gasteiger partial charge < -0.3 is 15.9 Å². The molecule has 16 heavy (non-hydrogen) atoms. The van der Waals surface area contributed by atoms with Crippen molar-refractivity contribution >= 4 is 11.9 Å². The molecule has 0 heterocycles. The predicted molar refractivity (Wildman–Crippen MR) is 59.7 cm³/mol. The summed E-state index contributed by atoms with van der Waals surface area (Å²) in [6.07, 6.45) is 3.45.